The summed E-state index contributed by atoms with van der Waals surface area (Å²) in [5, 5.41) is 6.74. The van der Waals surface area contributed by atoms with Crippen molar-refractivity contribution in [3.63, 3.8) is 0 Å². The van der Waals surface area contributed by atoms with Crippen LogP contribution in [-0.4, -0.2) is 15.2 Å². The van der Waals surface area contributed by atoms with Crippen LogP contribution in [-0.2, 0) is 0 Å². The Bertz CT molecular complexity index is 703. The molecule has 0 aliphatic carbocycles. The molecule has 2 aromatic heterocycles. The van der Waals surface area contributed by atoms with E-state index in [-0.39, 0.29) is 5.82 Å². The Morgan fingerprint density at radius 1 is 1.00 bits per heavy atom. The van der Waals surface area contributed by atoms with E-state index in [9.17, 15) is 4.39 Å². The summed E-state index contributed by atoms with van der Waals surface area (Å²) < 4.78 is 12.9. The van der Waals surface area contributed by atoms with E-state index in [0.29, 0.717) is 5.82 Å². The van der Waals surface area contributed by atoms with E-state index < -0.39 is 0 Å². The quantitative estimate of drug-likeness (QED) is 0.738. The summed E-state index contributed by atoms with van der Waals surface area (Å²) in [4.78, 5) is 4.28. The van der Waals surface area contributed by atoms with Crippen molar-refractivity contribution in [2.24, 2.45) is 0 Å². The van der Waals surface area contributed by atoms with Crippen molar-refractivity contribution in [1.82, 2.24) is 15.2 Å². The number of nitrogens with one attached hydrogen (secondary N) is 1. The predicted molar refractivity (Wildman–Crippen MR) is 71.6 cm³/mol. The van der Waals surface area contributed by atoms with Gasteiger partial charge in [0.1, 0.15) is 11.6 Å². The van der Waals surface area contributed by atoms with Crippen molar-refractivity contribution in [2.75, 3.05) is 5.73 Å². The molecule has 5 heteroatoms. The molecule has 1 aromatic carbocycles. The third-order valence-corrected chi connectivity index (χ3v) is 2.81. The van der Waals surface area contributed by atoms with Gasteiger partial charge < -0.3 is 5.73 Å². The van der Waals surface area contributed by atoms with Gasteiger partial charge in [-0.15, -0.1) is 0 Å². The van der Waals surface area contributed by atoms with Crippen LogP contribution >= 0.6 is 0 Å². The number of benzene rings is 1. The lowest BCUT2D eigenvalue weighted by Crippen LogP contribution is -1.86. The standard InChI is InChI=1S/C14H11FN4/c15-11-3-1-9(2-4-11)12-7-10(5-6-17-12)13-8-14(16)19-18-13/h1-8H,(H3,16,18,19). The SMILES string of the molecule is Nc1cc(-c2ccnc(-c3ccc(F)cc3)c2)[nH]n1. The number of hydrogen-bond acceptors (Lipinski definition) is 3. The molecule has 3 N–H and O–H groups in total. The van der Waals surface area contributed by atoms with Gasteiger partial charge in [-0.1, -0.05) is 0 Å². The highest BCUT2D eigenvalue weighted by Gasteiger charge is 2.05. The first kappa shape index (κ1) is 11.4. The van der Waals surface area contributed by atoms with Gasteiger partial charge in [0.2, 0.25) is 0 Å². The number of pyridine rings is 1. The van der Waals surface area contributed by atoms with E-state index in [2.05, 4.69) is 15.2 Å². The van der Waals surface area contributed by atoms with Crippen LogP contribution in [0.25, 0.3) is 22.5 Å². The molecule has 0 fully saturated rings. The minimum absolute atomic E-state index is 0.263. The number of H-pyrrole nitrogens is 1. The van der Waals surface area contributed by atoms with Crippen LogP contribution in [0.15, 0.2) is 48.7 Å². The third kappa shape index (κ3) is 2.30. The van der Waals surface area contributed by atoms with Gasteiger partial charge in [-0.05, 0) is 36.4 Å². The number of nitrogens with zero attached hydrogens (tertiary/aromatic N) is 2. The molecule has 0 spiro atoms. The number of anilines is 1. The normalized spacial score (nSPS) is 10.6. The maximum atomic E-state index is 12.9. The van der Waals surface area contributed by atoms with Crippen LogP contribution in [0.3, 0.4) is 0 Å². The van der Waals surface area contributed by atoms with Crippen molar-refractivity contribution in [3.8, 4) is 22.5 Å². The fourth-order valence-electron chi connectivity index (χ4n) is 1.86. The first-order valence-corrected chi connectivity index (χ1v) is 5.75. The topological polar surface area (TPSA) is 67.6 Å². The second-order valence-electron chi connectivity index (χ2n) is 4.14. The fourth-order valence-corrected chi connectivity index (χ4v) is 1.86. The first-order chi connectivity index (χ1) is 9.22. The highest BCUT2D eigenvalue weighted by atomic mass is 19.1. The molecular formula is C14H11FN4. The molecule has 0 saturated heterocycles. The molecule has 0 aliphatic heterocycles. The van der Waals surface area contributed by atoms with Gasteiger partial charge in [0.25, 0.3) is 0 Å². The Morgan fingerprint density at radius 3 is 2.47 bits per heavy atom. The van der Waals surface area contributed by atoms with E-state index >= 15 is 0 Å². The second kappa shape index (κ2) is 4.53. The summed E-state index contributed by atoms with van der Waals surface area (Å²) in [5.74, 6) is 0.177. The number of nitrogen functional groups attached to an aromatic ring is 1. The molecule has 0 amide bonds. The molecule has 0 radical (unpaired) electrons. The maximum Gasteiger partial charge on any atom is 0.145 e. The minimum Gasteiger partial charge on any atom is -0.382 e. The summed E-state index contributed by atoms with van der Waals surface area (Å²) in [7, 11) is 0. The molecule has 3 rings (SSSR count). The van der Waals surface area contributed by atoms with Crippen LogP contribution in [0, 0.1) is 5.82 Å². The van der Waals surface area contributed by atoms with Gasteiger partial charge in [-0.2, -0.15) is 5.10 Å². The molecule has 3 aromatic rings. The lowest BCUT2D eigenvalue weighted by molar-refractivity contribution is 0.628. The molecule has 2 heterocycles. The number of hydrogen-bond donors (Lipinski definition) is 2. The molecule has 0 bridgehead atoms. The Hall–Kier alpha value is -2.69. The zero-order valence-electron chi connectivity index (χ0n) is 9.97. The van der Waals surface area contributed by atoms with Gasteiger partial charge in [0.05, 0.1) is 11.4 Å². The average Bonchev–Trinajstić information content (AvgIpc) is 2.86. The van der Waals surface area contributed by atoms with E-state index in [1.54, 1.807) is 24.4 Å². The molecule has 4 nitrogen and oxygen atoms in total. The summed E-state index contributed by atoms with van der Waals surface area (Å²) >= 11 is 0. The molecule has 0 aliphatic rings. The summed E-state index contributed by atoms with van der Waals surface area (Å²) in [6, 6.07) is 11.7. The van der Waals surface area contributed by atoms with E-state index in [0.717, 1.165) is 22.5 Å². The van der Waals surface area contributed by atoms with Gasteiger partial charge in [-0.3, -0.25) is 10.1 Å². The molecule has 19 heavy (non-hydrogen) atoms. The van der Waals surface area contributed by atoms with E-state index in [1.165, 1.54) is 12.1 Å². The molecular weight excluding hydrogens is 243 g/mol. The predicted octanol–water partition coefficient (Wildman–Crippen LogP) is 2.86. The first-order valence-electron chi connectivity index (χ1n) is 5.75. The third-order valence-electron chi connectivity index (χ3n) is 2.81. The molecule has 0 unspecified atom stereocenters. The number of aromatic nitrogens is 3. The van der Waals surface area contributed by atoms with Crippen LogP contribution in [0.5, 0.6) is 0 Å². The average molecular weight is 254 g/mol. The smallest absolute Gasteiger partial charge is 0.145 e. The molecule has 0 saturated carbocycles. The van der Waals surface area contributed by atoms with Crippen molar-refractivity contribution >= 4 is 5.82 Å². The van der Waals surface area contributed by atoms with Crippen molar-refractivity contribution in [2.45, 2.75) is 0 Å². The highest BCUT2D eigenvalue weighted by molar-refractivity contribution is 5.69. The summed E-state index contributed by atoms with van der Waals surface area (Å²) in [6.45, 7) is 0. The molecule has 0 atom stereocenters. The molecule has 94 valence electrons. The van der Waals surface area contributed by atoms with Crippen LogP contribution in [0.1, 0.15) is 0 Å². The van der Waals surface area contributed by atoms with Gasteiger partial charge in [0, 0.05) is 23.4 Å². The second-order valence-corrected chi connectivity index (χ2v) is 4.14. The zero-order chi connectivity index (χ0) is 13.2. The number of rotatable bonds is 2. The maximum absolute atomic E-state index is 12.9. The fraction of sp³-hybridized carbons (Fsp3) is 0. The summed E-state index contributed by atoms with van der Waals surface area (Å²) in [5.41, 5.74) is 8.96. The minimum atomic E-state index is -0.263. The summed E-state index contributed by atoms with van der Waals surface area (Å²) in [6.07, 6.45) is 1.70. The Morgan fingerprint density at radius 2 is 1.79 bits per heavy atom. The lowest BCUT2D eigenvalue weighted by atomic mass is 10.1. The number of nitrogens with two attached hydrogens (primary N) is 1. The van der Waals surface area contributed by atoms with Gasteiger partial charge in [0.15, 0.2) is 0 Å². The number of halogens is 1. The largest absolute Gasteiger partial charge is 0.382 e. The van der Waals surface area contributed by atoms with E-state index in [4.69, 9.17) is 5.73 Å². The Labute approximate surface area is 109 Å². The Kier molecular flexibility index (Phi) is 2.72. The van der Waals surface area contributed by atoms with Crippen LogP contribution in [0.2, 0.25) is 0 Å². The van der Waals surface area contributed by atoms with Gasteiger partial charge >= 0.3 is 0 Å². The zero-order valence-corrected chi connectivity index (χ0v) is 9.97. The number of aromatic amines is 1. The van der Waals surface area contributed by atoms with Crippen molar-refractivity contribution in [1.29, 1.82) is 0 Å². The highest BCUT2D eigenvalue weighted by Crippen LogP contribution is 2.24. The monoisotopic (exact) mass is 254 g/mol. The Balaban J connectivity index is 2.02. The van der Waals surface area contributed by atoms with Crippen molar-refractivity contribution in [3.05, 3.63) is 54.5 Å². The van der Waals surface area contributed by atoms with Crippen LogP contribution < -0.4 is 5.73 Å². The van der Waals surface area contributed by atoms with E-state index in [1.807, 2.05) is 12.1 Å². The van der Waals surface area contributed by atoms with Gasteiger partial charge in [-0.25, -0.2) is 4.39 Å². The van der Waals surface area contributed by atoms with Crippen LogP contribution in [0.4, 0.5) is 10.2 Å². The van der Waals surface area contributed by atoms with Crippen molar-refractivity contribution < 1.29 is 4.39 Å². The lowest BCUT2D eigenvalue weighted by Gasteiger charge is -2.03.